The molecule has 0 atom stereocenters. The summed E-state index contributed by atoms with van der Waals surface area (Å²) < 4.78 is 0. The molecule has 0 spiro atoms. The molecule has 0 unspecified atom stereocenters. The number of hydrogen-bond acceptors (Lipinski definition) is 4. The highest BCUT2D eigenvalue weighted by Crippen LogP contribution is 2.41. The Morgan fingerprint density at radius 1 is 1.23 bits per heavy atom. The number of aromatic nitrogens is 2. The number of nitrogens with zero attached hydrogens (tertiary/aromatic N) is 3. The van der Waals surface area contributed by atoms with Gasteiger partial charge in [-0.25, -0.2) is 0 Å². The van der Waals surface area contributed by atoms with Gasteiger partial charge in [0.25, 0.3) is 5.91 Å². The van der Waals surface area contributed by atoms with Crippen LogP contribution in [0, 0.1) is 18.3 Å². The number of nitrogens with one attached hydrogen (secondary N) is 2. The average molecular weight is 464 g/mol. The second kappa shape index (κ2) is 8.92. The van der Waals surface area contributed by atoms with Crippen LogP contribution in [-0.4, -0.2) is 29.5 Å². The van der Waals surface area contributed by atoms with Crippen LogP contribution in [0.1, 0.15) is 58.9 Å². The van der Waals surface area contributed by atoms with E-state index in [-0.39, 0.29) is 11.8 Å². The second-order valence-electron chi connectivity index (χ2n) is 9.48. The minimum atomic E-state index is -0.106. The number of benzene rings is 2. The van der Waals surface area contributed by atoms with Crippen molar-refractivity contribution < 1.29 is 4.79 Å². The van der Waals surface area contributed by atoms with Crippen LogP contribution in [0.2, 0.25) is 0 Å². The fourth-order valence-corrected chi connectivity index (χ4v) is 5.04. The lowest BCUT2D eigenvalue weighted by Gasteiger charge is -2.33. The molecule has 1 aliphatic rings. The number of carbonyl (C=O) groups is 1. The topological polar surface area (TPSA) is 84.8 Å². The van der Waals surface area contributed by atoms with Crippen molar-refractivity contribution in [2.75, 3.05) is 18.5 Å². The smallest absolute Gasteiger partial charge is 0.253 e. The van der Waals surface area contributed by atoms with Crippen molar-refractivity contribution in [3.63, 3.8) is 0 Å². The maximum absolute atomic E-state index is 12.5. The van der Waals surface area contributed by atoms with E-state index < -0.39 is 0 Å². The molecule has 3 heterocycles. The first-order chi connectivity index (χ1) is 16.9. The third-order valence-corrected chi connectivity index (χ3v) is 6.89. The summed E-state index contributed by atoms with van der Waals surface area (Å²) in [5.41, 5.74) is 9.60. The predicted molar refractivity (Wildman–Crippen MR) is 140 cm³/mol. The van der Waals surface area contributed by atoms with Gasteiger partial charge in [-0.2, -0.15) is 5.26 Å². The zero-order valence-corrected chi connectivity index (χ0v) is 20.6. The molecule has 0 bridgehead atoms. The molecule has 176 valence electrons. The lowest BCUT2D eigenvalue weighted by atomic mass is 9.92. The number of H-pyrrole nitrogens is 1. The summed E-state index contributed by atoms with van der Waals surface area (Å²) in [5.74, 6) is 0.175. The van der Waals surface area contributed by atoms with Gasteiger partial charge in [0.15, 0.2) is 0 Å². The summed E-state index contributed by atoms with van der Waals surface area (Å²) in [7, 11) is 1.65. The number of amides is 1. The molecule has 0 saturated carbocycles. The van der Waals surface area contributed by atoms with Gasteiger partial charge in [0.05, 0.1) is 17.2 Å². The van der Waals surface area contributed by atoms with Gasteiger partial charge < -0.3 is 15.2 Å². The number of nitriles is 1. The molecule has 5 rings (SSSR count). The van der Waals surface area contributed by atoms with Gasteiger partial charge in [0, 0.05) is 65.1 Å². The van der Waals surface area contributed by atoms with Crippen molar-refractivity contribution in [2.45, 2.75) is 39.5 Å². The quantitative estimate of drug-likeness (QED) is 0.390. The Bertz CT molecular complexity index is 1470. The zero-order chi connectivity index (χ0) is 24.7. The summed E-state index contributed by atoms with van der Waals surface area (Å²) in [4.78, 5) is 22.6. The predicted octanol–water partition coefficient (Wildman–Crippen LogP) is 5.98. The highest BCUT2D eigenvalue weighted by Gasteiger charge is 2.24. The van der Waals surface area contributed by atoms with E-state index in [0.717, 1.165) is 58.5 Å². The van der Waals surface area contributed by atoms with Gasteiger partial charge >= 0.3 is 0 Å². The molecule has 0 saturated heterocycles. The summed E-state index contributed by atoms with van der Waals surface area (Å²) in [6.45, 7) is 7.14. The molecule has 1 aliphatic heterocycles. The van der Waals surface area contributed by atoms with Crippen LogP contribution in [0.4, 0.5) is 11.4 Å². The summed E-state index contributed by atoms with van der Waals surface area (Å²) in [6, 6.07) is 14.9. The van der Waals surface area contributed by atoms with E-state index in [9.17, 15) is 10.1 Å². The van der Waals surface area contributed by atoms with E-state index in [1.807, 2.05) is 31.3 Å². The monoisotopic (exact) mass is 463 g/mol. The molecule has 0 aliphatic carbocycles. The van der Waals surface area contributed by atoms with Gasteiger partial charge in [0.1, 0.15) is 0 Å². The second-order valence-corrected chi connectivity index (χ2v) is 9.48. The maximum atomic E-state index is 12.5. The minimum absolute atomic E-state index is 0.106. The van der Waals surface area contributed by atoms with Crippen LogP contribution < -0.4 is 10.2 Å². The van der Waals surface area contributed by atoms with Crippen LogP contribution in [-0.2, 0) is 6.42 Å². The molecule has 2 N–H and O–H groups in total. The Balaban J connectivity index is 1.67. The first-order valence-electron chi connectivity index (χ1n) is 12.1. The third-order valence-electron chi connectivity index (χ3n) is 6.89. The van der Waals surface area contributed by atoms with E-state index in [4.69, 9.17) is 0 Å². The number of anilines is 2. The molecule has 0 radical (unpaired) electrons. The molecule has 2 aromatic heterocycles. The number of rotatable bonds is 4. The molecule has 6 heteroatoms. The van der Waals surface area contributed by atoms with Gasteiger partial charge in [-0.15, -0.1) is 0 Å². The Morgan fingerprint density at radius 2 is 2.06 bits per heavy atom. The SMILES string of the molecule is CNC(=O)c1c[nH]c2c(C(C)C)cc(N3CCCc4cc(-c5ccc(C)nc5)c(C#N)cc43)cc12. The van der Waals surface area contributed by atoms with Crippen LogP contribution >= 0.6 is 0 Å². The average Bonchev–Trinajstić information content (AvgIpc) is 3.30. The molecule has 6 nitrogen and oxygen atoms in total. The van der Waals surface area contributed by atoms with Crippen molar-refractivity contribution in [3.05, 3.63) is 76.7 Å². The standard InChI is InChI=1S/C29H29N5O/c1-17(2)23-12-22(13-25-26(29(35)31-4)16-33-28(23)25)34-9-5-6-19-10-24(21(14-30)11-27(19)34)20-8-7-18(3)32-15-20/h7-8,10-13,15-17,33H,5-6,9H2,1-4H3,(H,31,35). The van der Waals surface area contributed by atoms with Crippen molar-refractivity contribution in [1.82, 2.24) is 15.3 Å². The van der Waals surface area contributed by atoms with E-state index in [1.54, 1.807) is 13.2 Å². The number of fused-ring (bicyclic) bond motifs is 2. The maximum Gasteiger partial charge on any atom is 0.253 e. The van der Waals surface area contributed by atoms with Crippen molar-refractivity contribution in [2.24, 2.45) is 0 Å². The summed E-state index contributed by atoms with van der Waals surface area (Å²) >= 11 is 0. The minimum Gasteiger partial charge on any atom is -0.360 e. The van der Waals surface area contributed by atoms with E-state index in [2.05, 4.69) is 58.3 Å². The normalized spacial score (nSPS) is 13.1. The van der Waals surface area contributed by atoms with Crippen molar-refractivity contribution in [3.8, 4) is 17.2 Å². The van der Waals surface area contributed by atoms with Crippen LogP contribution in [0.3, 0.4) is 0 Å². The lowest BCUT2D eigenvalue weighted by Crippen LogP contribution is -2.25. The Labute approximate surface area is 205 Å². The van der Waals surface area contributed by atoms with Gasteiger partial charge in [-0.3, -0.25) is 9.78 Å². The lowest BCUT2D eigenvalue weighted by molar-refractivity contribution is 0.0965. The molecular weight excluding hydrogens is 434 g/mol. The molecule has 0 fully saturated rings. The van der Waals surface area contributed by atoms with Gasteiger partial charge in [-0.05, 0) is 67.1 Å². The summed E-state index contributed by atoms with van der Waals surface area (Å²) in [6.07, 6.45) is 5.60. The molecule has 35 heavy (non-hydrogen) atoms. The fourth-order valence-electron chi connectivity index (χ4n) is 5.04. The molecule has 2 aromatic carbocycles. The number of carbonyl (C=O) groups excluding carboxylic acids is 1. The number of aryl methyl sites for hydroxylation is 2. The Morgan fingerprint density at radius 3 is 2.74 bits per heavy atom. The number of aromatic amines is 1. The third kappa shape index (κ3) is 3.93. The first-order valence-corrected chi connectivity index (χ1v) is 12.1. The van der Waals surface area contributed by atoms with Crippen LogP contribution in [0.15, 0.2) is 48.8 Å². The Kier molecular flexibility index (Phi) is 5.78. The van der Waals surface area contributed by atoms with Crippen molar-refractivity contribution >= 4 is 28.2 Å². The molecule has 4 aromatic rings. The largest absolute Gasteiger partial charge is 0.360 e. The zero-order valence-electron chi connectivity index (χ0n) is 20.6. The van der Waals surface area contributed by atoms with E-state index in [0.29, 0.717) is 11.1 Å². The van der Waals surface area contributed by atoms with Gasteiger partial charge in [0.2, 0.25) is 0 Å². The summed E-state index contributed by atoms with van der Waals surface area (Å²) in [5, 5.41) is 13.7. The number of hydrogen-bond donors (Lipinski definition) is 2. The van der Waals surface area contributed by atoms with Gasteiger partial charge in [-0.1, -0.05) is 19.9 Å². The van der Waals surface area contributed by atoms with E-state index >= 15 is 0 Å². The molecular formula is C29H29N5O. The number of pyridine rings is 1. The van der Waals surface area contributed by atoms with Crippen LogP contribution in [0.5, 0.6) is 0 Å². The van der Waals surface area contributed by atoms with Crippen molar-refractivity contribution in [1.29, 1.82) is 5.26 Å². The Hall–Kier alpha value is -4.11. The fraction of sp³-hybridized carbons (Fsp3) is 0.276. The van der Waals surface area contributed by atoms with E-state index in [1.165, 1.54) is 11.1 Å². The molecule has 1 amide bonds. The highest BCUT2D eigenvalue weighted by atomic mass is 16.1. The highest BCUT2D eigenvalue weighted by molar-refractivity contribution is 6.08. The van der Waals surface area contributed by atoms with Crippen LogP contribution in [0.25, 0.3) is 22.0 Å². The first kappa shape index (κ1) is 22.7.